The summed E-state index contributed by atoms with van der Waals surface area (Å²) in [6.45, 7) is 14.0. The molecule has 1 fully saturated rings. The van der Waals surface area contributed by atoms with Crippen molar-refractivity contribution in [1.82, 2.24) is 58.2 Å². The molecule has 0 radical (unpaired) electrons. The molecule has 0 saturated heterocycles. The molecule has 2 aromatic carbocycles. The third-order valence-corrected chi connectivity index (χ3v) is 18.6. The van der Waals surface area contributed by atoms with Crippen molar-refractivity contribution in [1.29, 1.82) is 0 Å². The topological polar surface area (TPSA) is 568 Å². The average molecular weight is 1480 g/mol. The fraction of sp³-hybridized carbons (Fsp3) is 0.616. The van der Waals surface area contributed by atoms with E-state index in [2.05, 4.69) is 68.1 Å². The Labute approximate surface area is 620 Å². The molecule has 3 aromatic rings. The van der Waals surface area contributed by atoms with Gasteiger partial charge >= 0.3 is 5.97 Å². The summed E-state index contributed by atoms with van der Waals surface area (Å²) in [6, 6.07) is 5.02. The maximum absolute atomic E-state index is 14.7. The lowest BCUT2D eigenvalue weighted by atomic mass is 9.74. The summed E-state index contributed by atoms with van der Waals surface area (Å²) < 4.78 is 0. The number of benzene rings is 2. The first-order valence-corrected chi connectivity index (χ1v) is 36.9. The largest absolute Gasteiger partial charge is 0.480 e. The van der Waals surface area contributed by atoms with Crippen LogP contribution in [0.3, 0.4) is 0 Å². The minimum absolute atomic E-state index is 0.0120. The molecule has 0 spiro atoms. The van der Waals surface area contributed by atoms with Gasteiger partial charge in [-0.25, -0.2) is 4.79 Å². The second kappa shape index (κ2) is 44.8. The Morgan fingerprint density at radius 2 is 0.981 bits per heavy atom. The van der Waals surface area contributed by atoms with Gasteiger partial charge in [-0.2, -0.15) is 0 Å². The number of amides is 11. The Hall–Kier alpha value is -9.92. The number of hydrogen-bond acceptors (Lipinski definition) is 16. The van der Waals surface area contributed by atoms with E-state index in [-0.39, 0.29) is 113 Å². The second-order valence-corrected chi connectivity index (χ2v) is 28.9. The van der Waals surface area contributed by atoms with E-state index in [0.29, 0.717) is 56.9 Å². The molecule has 588 valence electrons. The summed E-state index contributed by atoms with van der Waals surface area (Å²) in [7, 11) is 0. The molecule has 26 N–H and O–H groups in total. The summed E-state index contributed by atoms with van der Waals surface area (Å²) in [5.41, 5.74) is 41.6. The fourth-order valence-electron chi connectivity index (χ4n) is 12.5. The molecule has 33 heteroatoms. The highest BCUT2D eigenvalue weighted by Gasteiger charge is 2.42. The van der Waals surface area contributed by atoms with Gasteiger partial charge in [-0.3, -0.25) is 62.7 Å². The molecule has 33 nitrogen and oxygen atoms in total. The highest BCUT2D eigenvalue weighted by atomic mass is 16.4. The number of carboxylic acid groups (broad SMARTS) is 1. The van der Waals surface area contributed by atoms with E-state index < -0.39 is 150 Å². The highest BCUT2D eigenvalue weighted by Crippen LogP contribution is 2.37. The van der Waals surface area contributed by atoms with Gasteiger partial charge in [-0.1, -0.05) is 110 Å². The van der Waals surface area contributed by atoms with Gasteiger partial charge in [0.25, 0.3) is 0 Å². The van der Waals surface area contributed by atoms with E-state index in [9.17, 15) is 62.6 Å². The summed E-state index contributed by atoms with van der Waals surface area (Å²) in [6.07, 6.45) is 4.75. The summed E-state index contributed by atoms with van der Waals surface area (Å²) in [5.74, 6) is -11.7. The Bertz CT molecular complexity index is 3460. The number of carbonyl (C=O) groups excluding carboxylic acids is 11. The molecule has 4 rings (SSSR count). The number of primary amides is 1. The number of rotatable bonds is 47. The first-order chi connectivity index (χ1) is 50.1. The SMILES string of the molecule is CC[C@H](C)[C@H](NC(=O)[C@H](CCCCN=C(N)N)NC(=O)[C@H](CCCCN)NC(=O)[C@H](CC(C)C)NC(=O)[C@H](CC(N)=O)NC(=O)[C@H](Cc1c[nH]c2ccccc12)NC(=O)C1(N)CCC(c2ccccc2)CC1)C(=O)NCC(=O)N[C@@H](CC(C)C)C(=O)N[C@@H](CC(C)C)C(=O)N[C@@H](CCCN=C(N)N)C(=O)O. The van der Waals surface area contributed by atoms with E-state index in [1.807, 2.05) is 54.6 Å². The van der Waals surface area contributed by atoms with Crippen molar-refractivity contribution in [2.24, 2.45) is 73.8 Å². The maximum Gasteiger partial charge on any atom is 0.326 e. The molecule has 10 atom stereocenters. The number of aliphatic imine (C=N–C) groups is 2. The molecule has 1 aliphatic carbocycles. The smallest absolute Gasteiger partial charge is 0.326 e. The normalized spacial score (nSPS) is 17.0. The number of nitrogens with two attached hydrogens (primary N) is 7. The maximum atomic E-state index is 14.7. The number of unbranched alkanes of at least 4 members (excludes halogenated alkanes) is 2. The Morgan fingerprint density at radius 3 is 1.50 bits per heavy atom. The molecule has 0 bridgehead atoms. The van der Waals surface area contributed by atoms with Gasteiger partial charge in [0.1, 0.15) is 54.4 Å². The minimum Gasteiger partial charge on any atom is -0.480 e. The zero-order valence-electron chi connectivity index (χ0n) is 62.7. The molecule has 106 heavy (non-hydrogen) atoms. The van der Waals surface area contributed by atoms with Crippen LogP contribution in [0.15, 0.2) is 70.8 Å². The summed E-state index contributed by atoms with van der Waals surface area (Å²) in [5, 5.41) is 37.5. The molecule has 1 saturated carbocycles. The van der Waals surface area contributed by atoms with Crippen molar-refractivity contribution in [2.75, 3.05) is 26.2 Å². The van der Waals surface area contributed by atoms with Crippen molar-refractivity contribution in [3.8, 4) is 0 Å². The lowest BCUT2D eigenvalue weighted by Gasteiger charge is -2.37. The number of fused-ring (bicyclic) bond motifs is 1. The minimum atomic E-state index is -1.68. The zero-order valence-corrected chi connectivity index (χ0v) is 62.7. The van der Waals surface area contributed by atoms with Crippen molar-refractivity contribution < 1.29 is 62.6 Å². The van der Waals surface area contributed by atoms with E-state index >= 15 is 0 Å². The highest BCUT2D eigenvalue weighted by molar-refractivity contribution is 6.00. The number of guanidine groups is 2. The number of hydrogen-bond donors (Lipinski definition) is 19. The van der Waals surface area contributed by atoms with Crippen LogP contribution in [-0.4, -0.2) is 179 Å². The molecular formula is C73H118N20O13. The van der Waals surface area contributed by atoms with E-state index in [1.54, 1.807) is 61.6 Å². The number of aliphatic carboxylic acids is 1. The van der Waals surface area contributed by atoms with Crippen LogP contribution in [-0.2, 0) is 64.0 Å². The van der Waals surface area contributed by atoms with Crippen LogP contribution in [0.5, 0.6) is 0 Å². The zero-order chi connectivity index (χ0) is 78.8. The fourth-order valence-corrected chi connectivity index (χ4v) is 12.5. The number of nitrogens with one attached hydrogen (secondary N) is 11. The molecule has 0 unspecified atom stereocenters. The molecule has 11 amide bonds. The molecule has 1 aromatic heterocycles. The first-order valence-electron chi connectivity index (χ1n) is 36.9. The number of carbonyl (C=O) groups is 12. The lowest BCUT2D eigenvalue weighted by molar-refractivity contribution is -0.142. The van der Waals surface area contributed by atoms with Gasteiger partial charge in [0.2, 0.25) is 65.0 Å². The van der Waals surface area contributed by atoms with Crippen molar-refractivity contribution in [3.05, 3.63) is 71.9 Å². The number of nitrogens with zero attached hydrogens (tertiary/aromatic N) is 2. The van der Waals surface area contributed by atoms with Crippen LogP contribution in [0.2, 0.25) is 0 Å². The molecule has 1 aliphatic rings. The van der Waals surface area contributed by atoms with Crippen LogP contribution in [0, 0.1) is 23.7 Å². The quantitative estimate of drug-likeness (QED) is 0.0201. The lowest BCUT2D eigenvalue weighted by Crippen LogP contribution is -2.62. The van der Waals surface area contributed by atoms with Crippen molar-refractivity contribution in [3.63, 3.8) is 0 Å². The van der Waals surface area contributed by atoms with Crippen LogP contribution >= 0.6 is 0 Å². The average Bonchev–Trinajstić information content (AvgIpc) is 0.962. The number of para-hydroxylation sites is 1. The Kier molecular flexibility index (Phi) is 37.4. The van der Waals surface area contributed by atoms with Crippen LogP contribution < -0.4 is 93.3 Å². The molecular weight excluding hydrogens is 1360 g/mol. The monoisotopic (exact) mass is 1480 g/mol. The number of carboxylic acids is 1. The number of aromatic amines is 1. The molecule has 1 heterocycles. The third kappa shape index (κ3) is 30.6. The third-order valence-electron chi connectivity index (χ3n) is 18.6. The number of H-pyrrole nitrogens is 1. The van der Waals surface area contributed by atoms with Crippen LogP contribution in [0.4, 0.5) is 0 Å². The second-order valence-electron chi connectivity index (χ2n) is 28.9. The standard InChI is InChI=1S/C73H118N20O13/c1-9-44(8)60(68(103)84-40-59(95)85-53(34-41(2)3)63(98)89-55(36-43(6)7)65(100)88-52(69(104)105)26-19-33-82-72(78)79)93-62(97)51(25-16-18-32-81-71(76)77)86-61(96)50(24-15-17-31-74)87-64(99)54(35-42(4)5)90-67(102)57(38-58(75)94)91-66(101)56(37-47-39-83-49-23-14-13-22-48(47)49)92-70(106)73(80)29-27-46(28-30-73)45-20-11-10-12-21-45/h10-14,20-23,39,41-44,46,50-57,60,83H,9,15-19,24-38,40,74,80H2,1-8H3,(H2,75,94)(H,84,103)(H,85,95)(H,86,96)(H,87,99)(H,88,100)(H,89,98)(H,90,102)(H,91,101)(H,92,106)(H,93,97)(H,104,105)(H4,76,77,81)(H4,78,79,82)/t44-,46?,50-,51-,52-,53-,54-,55-,56-,57-,60-,73?/m0/s1. The van der Waals surface area contributed by atoms with Crippen LogP contribution in [0.1, 0.15) is 182 Å². The van der Waals surface area contributed by atoms with Gasteiger partial charge in [0.05, 0.1) is 18.5 Å². The van der Waals surface area contributed by atoms with Gasteiger partial charge in [-0.15, -0.1) is 0 Å². The first kappa shape index (κ1) is 88.5. The van der Waals surface area contributed by atoms with Gasteiger partial charge in [-0.05, 0) is 150 Å². The van der Waals surface area contributed by atoms with Gasteiger partial charge in [0, 0.05) is 36.6 Å². The van der Waals surface area contributed by atoms with Crippen molar-refractivity contribution in [2.45, 2.75) is 237 Å². The van der Waals surface area contributed by atoms with Crippen LogP contribution in [0.25, 0.3) is 10.9 Å². The Morgan fingerprint density at radius 1 is 0.528 bits per heavy atom. The summed E-state index contributed by atoms with van der Waals surface area (Å²) in [4.78, 5) is 179. The van der Waals surface area contributed by atoms with Crippen molar-refractivity contribution >= 4 is 93.8 Å². The summed E-state index contributed by atoms with van der Waals surface area (Å²) >= 11 is 0. The predicted molar refractivity (Wildman–Crippen MR) is 404 cm³/mol. The van der Waals surface area contributed by atoms with E-state index in [0.717, 1.165) is 16.5 Å². The van der Waals surface area contributed by atoms with E-state index in [4.69, 9.17) is 40.1 Å². The predicted octanol–water partition coefficient (Wildman–Crippen LogP) is 0.0158. The molecule has 0 aliphatic heterocycles. The van der Waals surface area contributed by atoms with Gasteiger partial charge < -0.3 is 103 Å². The Balaban J connectivity index is 1.56. The van der Waals surface area contributed by atoms with E-state index in [1.165, 1.54) is 0 Å². The number of aromatic nitrogens is 1. The van der Waals surface area contributed by atoms with Gasteiger partial charge in [0.15, 0.2) is 11.9 Å².